The van der Waals surface area contributed by atoms with Gasteiger partial charge in [-0.05, 0) is 39.2 Å². The minimum atomic E-state index is -1.01. The highest BCUT2D eigenvalue weighted by atomic mass is 16.6. The minimum Gasteiger partial charge on any atom is -0.445 e. The van der Waals surface area contributed by atoms with Gasteiger partial charge in [0.15, 0.2) is 0 Å². The SMILES string of the molecule is CC(C)(C)OC(=O)N[C@@H]1CCCC[C@@H]1C1(O)CN(C(=O)OCc2ccccc2)C1. The van der Waals surface area contributed by atoms with Crippen molar-refractivity contribution in [2.45, 2.75) is 70.3 Å². The van der Waals surface area contributed by atoms with Crippen LogP contribution < -0.4 is 5.32 Å². The summed E-state index contributed by atoms with van der Waals surface area (Å²) in [5, 5.41) is 14.0. The maximum atomic E-state index is 12.3. The Bertz CT molecular complexity index is 710. The maximum Gasteiger partial charge on any atom is 0.410 e. The van der Waals surface area contributed by atoms with Crippen molar-refractivity contribution in [1.29, 1.82) is 0 Å². The predicted molar refractivity (Wildman–Crippen MR) is 108 cm³/mol. The number of carbonyl (C=O) groups is 2. The molecule has 1 aromatic carbocycles. The number of nitrogens with one attached hydrogen (secondary N) is 1. The van der Waals surface area contributed by atoms with Crippen LogP contribution >= 0.6 is 0 Å². The molecule has 1 heterocycles. The van der Waals surface area contributed by atoms with Crippen LogP contribution in [-0.2, 0) is 16.1 Å². The highest BCUT2D eigenvalue weighted by Crippen LogP contribution is 2.39. The zero-order valence-electron chi connectivity index (χ0n) is 17.5. The third-order valence-corrected chi connectivity index (χ3v) is 5.55. The molecule has 0 unspecified atom stereocenters. The molecule has 2 fully saturated rings. The molecule has 0 spiro atoms. The number of carbonyl (C=O) groups excluding carboxylic acids is 2. The number of hydrogen-bond donors (Lipinski definition) is 2. The molecule has 2 N–H and O–H groups in total. The number of ether oxygens (including phenoxy) is 2. The van der Waals surface area contributed by atoms with Crippen molar-refractivity contribution in [1.82, 2.24) is 10.2 Å². The molecule has 2 aliphatic rings. The van der Waals surface area contributed by atoms with Crippen molar-refractivity contribution >= 4 is 12.2 Å². The summed E-state index contributed by atoms with van der Waals surface area (Å²) in [6, 6.07) is 9.33. The first-order chi connectivity index (χ1) is 13.7. The Balaban J connectivity index is 1.52. The molecule has 2 atom stereocenters. The van der Waals surface area contributed by atoms with Crippen LogP contribution in [0.1, 0.15) is 52.0 Å². The summed E-state index contributed by atoms with van der Waals surface area (Å²) in [5.74, 6) is -0.109. The molecule has 160 valence electrons. The summed E-state index contributed by atoms with van der Waals surface area (Å²) in [5.41, 5.74) is -0.655. The Morgan fingerprint density at radius 1 is 1.17 bits per heavy atom. The molecule has 7 heteroatoms. The zero-order valence-corrected chi connectivity index (χ0v) is 17.5. The van der Waals surface area contributed by atoms with Crippen molar-refractivity contribution in [2.24, 2.45) is 5.92 Å². The van der Waals surface area contributed by atoms with Gasteiger partial charge >= 0.3 is 12.2 Å². The van der Waals surface area contributed by atoms with Gasteiger partial charge in [0.05, 0.1) is 13.1 Å². The molecule has 1 aliphatic heterocycles. The molecule has 0 radical (unpaired) electrons. The Morgan fingerprint density at radius 3 is 2.48 bits per heavy atom. The Morgan fingerprint density at radius 2 is 1.83 bits per heavy atom. The van der Waals surface area contributed by atoms with E-state index in [1.807, 2.05) is 51.1 Å². The zero-order chi connectivity index (χ0) is 21.1. The van der Waals surface area contributed by atoms with Crippen LogP contribution in [0.4, 0.5) is 9.59 Å². The summed E-state index contributed by atoms with van der Waals surface area (Å²) in [6.45, 7) is 6.12. The van der Waals surface area contributed by atoms with Crippen molar-refractivity contribution < 1.29 is 24.2 Å². The summed E-state index contributed by atoms with van der Waals surface area (Å²) in [4.78, 5) is 26.0. The van der Waals surface area contributed by atoms with Gasteiger partial charge in [0.2, 0.25) is 0 Å². The largest absolute Gasteiger partial charge is 0.445 e. The van der Waals surface area contributed by atoms with Gasteiger partial charge < -0.3 is 24.8 Å². The normalized spacial score (nSPS) is 23.7. The number of aliphatic hydroxyl groups is 1. The minimum absolute atomic E-state index is 0.109. The fourth-order valence-corrected chi connectivity index (χ4v) is 4.19. The van der Waals surface area contributed by atoms with Gasteiger partial charge in [-0.1, -0.05) is 43.2 Å². The van der Waals surface area contributed by atoms with E-state index in [9.17, 15) is 14.7 Å². The number of amides is 2. The number of alkyl carbamates (subject to hydrolysis) is 1. The number of hydrogen-bond acceptors (Lipinski definition) is 5. The number of rotatable bonds is 4. The first-order valence-electron chi connectivity index (χ1n) is 10.3. The van der Waals surface area contributed by atoms with Gasteiger partial charge in [0.25, 0.3) is 0 Å². The summed E-state index contributed by atoms with van der Waals surface area (Å²) in [6.07, 6.45) is 2.71. The first-order valence-corrected chi connectivity index (χ1v) is 10.3. The molecular weight excluding hydrogens is 372 g/mol. The van der Waals surface area contributed by atoms with Crippen LogP contribution in [0.3, 0.4) is 0 Å². The van der Waals surface area contributed by atoms with Gasteiger partial charge in [0.1, 0.15) is 17.8 Å². The van der Waals surface area contributed by atoms with E-state index in [0.717, 1.165) is 31.2 Å². The molecule has 0 aromatic heterocycles. The lowest BCUT2D eigenvalue weighted by Gasteiger charge is -2.53. The molecule has 1 saturated heterocycles. The van der Waals surface area contributed by atoms with Gasteiger partial charge in [-0.15, -0.1) is 0 Å². The monoisotopic (exact) mass is 404 g/mol. The third-order valence-electron chi connectivity index (χ3n) is 5.55. The average Bonchev–Trinajstić information content (AvgIpc) is 2.63. The fourth-order valence-electron chi connectivity index (χ4n) is 4.19. The van der Waals surface area contributed by atoms with Crippen LogP contribution in [0.25, 0.3) is 0 Å². The lowest BCUT2D eigenvalue weighted by Crippen LogP contribution is -2.70. The maximum absolute atomic E-state index is 12.3. The van der Waals surface area contributed by atoms with Gasteiger partial charge in [-0.2, -0.15) is 0 Å². The second kappa shape index (κ2) is 8.61. The summed E-state index contributed by atoms with van der Waals surface area (Å²) >= 11 is 0. The van der Waals surface area contributed by atoms with E-state index >= 15 is 0 Å². The predicted octanol–water partition coefficient (Wildman–Crippen LogP) is 3.45. The van der Waals surface area contributed by atoms with E-state index in [4.69, 9.17) is 9.47 Å². The Labute approximate surface area is 172 Å². The highest BCUT2D eigenvalue weighted by Gasteiger charge is 2.53. The standard InChI is InChI=1S/C22H32N2O5/c1-21(2,3)29-19(25)23-18-12-8-7-11-17(18)22(27)14-24(15-22)20(26)28-13-16-9-5-4-6-10-16/h4-6,9-10,17-18,27H,7-8,11-15H2,1-3H3,(H,23,25)/t17-,18+/m0/s1. The first kappa shape index (κ1) is 21.4. The molecule has 3 rings (SSSR count). The topological polar surface area (TPSA) is 88.1 Å². The van der Waals surface area contributed by atoms with E-state index in [1.54, 1.807) is 0 Å². The Kier molecular flexibility index (Phi) is 6.36. The second-order valence-electron chi connectivity index (χ2n) is 9.14. The Hall–Kier alpha value is -2.28. The van der Waals surface area contributed by atoms with Gasteiger partial charge in [-0.25, -0.2) is 9.59 Å². The van der Waals surface area contributed by atoms with Crippen molar-refractivity contribution in [2.75, 3.05) is 13.1 Å². The lowest BCUT2D eigenvalue weighted by molar-refractivity contribution is -0.140. The van der Waals surface area contributed by atoms with Crippen molar-refractivity contribution in [3.05, 3.63) is 35.9 Å². The van der Waals surface area contributed by atoms with Crippen molar-refractivity contribution in [3.63, 3.8) is 0 Å². The van der Waals surface area contributed by atoms with Crippen molar-refractivity contribution in [3.8, 4) is 0 Å². The molecule has 0 bridgehead atoms. The number of β-amino-alcohol motifs (C(OH)–C–C–N with tert-alkyl or cyclic N) is 1. The molecule has 29 heavy (non-hydrogen) atoms. The van der Waals surface area contributed by atoms with E-state index in [2.05, 4.69) is 5.32 Å². The van der Waals surface area contributed by atoms with Crippen LogP contribution in [0.5, 0.6) is 0 Å². The molecular formula is C22H32N2O5. The van der Waals surface area contributed by atoms with Gasteiger partial charge in [0, 0.05) is 12.0 Å². The average molecular weight is 405 g/mol. The number of nitrogens with zero attached hydrogens (tertiary/aromatic N) is 1. The number of likely N-dealkylation sites (tertiary alicyclic amines) is 1. The highest BCUT2D eigenvalue weighted by molar-refractivity contribution is 5.69. The summed E-state index contributed by atoms with van der Waals surface area (Å²) < 4.78 is 10.7. The van der Waals surface area contributed by atoms with E-state index in [-0.39, 0.29) is 31.7 Å². The molecule has 2 amide bonds. The molecule has 1 saturated carbocycles. The number of benzene rings is 1. The third kappa shape index (κ3) is 5.63. The van der Waals surface area contributed by atoms with E-state index < -0.39 is 23.4 Å². The van der Waals surface area contributed by atoms with E-state index in [1.165, 1.54) is 4.90 Å². The van der Waals surface area contributed by atoms with Gasteiger partial charge in [-0.3, -0.25) is 0 Å². The van der Waals surface area contributed by atoms with Crippen LogP contribution in [0.2, 0.25) is 0 Å². The second-order valence-corrected chi connectivity index (χ2v) is 9.14. The fraction of sp³-hybridized carbons (Fsp3) is 0.636. The molecule has 1 aliphatic carbocycles. The van der Waals surface area contributed by atoms with E-state index in [0.29, 0.717) is 0 Å². The lowest BCUT2D eigenvalue weighted by atomic mass is 9.70. The summed E-state index contributed by atoms with van der Waals surface area (Å²) in [7, 11) is 0. The smallest absolute Gasteiger partial charge is 0.410 e. The quantitative estimate of drug-likeness (QED) is 0.802. The molecule has 7 nitrogen and oxygen atoms in total. The van der Waals surface area contributed by atoms with Crippen LogP contribution in [-0.4, -0.2) is 52.5 Å². The molecule has 1 aromatic rings. The van der Waals surface area contributed by atoms with Crippen LogP contribution in [0.15, 0.2) is 30.3 Å². The van der Waals surface area contributed by atoms with Crippen LogP contribution in [0, 0.1) is 5.92 Å².